The number of hydrogen-bond donors (Lipinski definition) is 0. The summed E-state index contributed by atoms with van der Waals surface area (Å²) >= 11 is 12.1. The SMILES string of the molecule is CCOC(=O)c1cc(C)n(Cc2cc(Cl)ccc2Cl)n1. The highest BCUT2D eigenvalue weighted by molar-refractivity contribution is 6.33. The molecule has 0 amide bonds. The van der Waals surface area contributed by atoms with Crippen LogP contribution in [0.4, 0.5) is 0 Å². The highest BCUT2D eigenvalue weighted by Crippen LogP contribution is 2.22. The lowest BCUT2D eigenvalue weighted by molar-refractivity contribution is 0.0518. The molecule has 106 valence electrons. The van der Waals surface area contributed by atoms with Gasteiger partial charge in [0.15, 0.2) is 5.69 Å². The zero-order valence-electron chi connectivity index (χ0n) is 11.2. The van der Waals surface area contributed by atoms with Gasteiger partial charge in [0.05, 0.1) is 13.2 Å². The Morgan fingerprint density at radius 3 is 2.80 bits per heavy atom. The first-order chi connectivity index (χ1) is 9.51. The Kier molecular flexibility index (Phi) is 4.68. The van der Waals surface area contributed by atoms with Gasteiger partial charge in [-0.15, -0.1) is 0 Å². The van der Waals surface area contributed by atoms with Gasteiger partial charge in [-0.2, -0.15) is 5.10 Å². The summed E-state index contributed by atoms with van der Waals surface area (Å²) in [6.45, 7) is 4.40. The third-order valence-electron chi connectivity index (χ3n) is 2.79. The van der Waals surface area contributed by atoms with Gasteiger partial charge >= 0.3 is 5.97 Å². The molecule has 0 spiro atoms. The molecular weight excluding hydrogens is 299 g/mol. The Labute approximate surface area is 127 Å². The number of halogens is 2. The van der Waals surface area contributed by atoms with Crippen LogP contribution in [0.25, 0.3) is 0 Å². The van der Waals surface area contributed by atoms with Crippen molar-refractivity contribution in [3.05, 3.63) is 51.3 Å². The van der Waals surface area contributed by atoms with Gasteiger partial charge in [0.1, 0.15) is 0 Å². The summed E-state index contributed by atoms with van der Waals surface area (Å²) in [5.74, 6) is -0.424. The van der Waals surface area contributed by atoms with E-state index in [0.29, 0.717) is 28.9 Å². The molecule has 0 bridgehead atoms. The smallest absolute Gasteiger partial charge is 0.358 e. The standard InChI is InChI=1S/C14H14Cl2N2O2/c1-3-20-14(19)13-6-9(2)18(17-13)8-10-7-11(15)4-5-12(10)16/h4-7H,3,8H2,1-2H3. The molecule has 1 aromatic heterocycles. The van der Waals surface area contributed by atoms with E-state index in [1.54, 1.807) is 35.9 Å². The van der Waals surface area contributed by atoms with Crippen molar-refractivity contribution in [1.82, 2.24) is 9.78 Å². The van der Waals surface area contributed by atoms with Crippen LogP contribution in [-0.4, -0.2) is 22.4 Å². The second-order valence-electron chi connectivity index (χ2n) is 4.28. The second kappa shape index (κ2) is 6.29. The van der Waals surface area contributed by atoms with E-state index in [4.69, 9.17) is 27.9 Å². The zero-order valence-corrected chi connectivity index (χ0v) is 12.7. The predicted octanol–water partition coefficient (Wildman–Crippen LogP) is 3.72. The van der Waals surface area contributed by atoms with E-state index in [9.17, 15) is 4.79 Å². The number of ether oxygens (including phenoxy) is 1. The lowest BCUT2D eigenvalue weighted by Crippen LogP contribution is -2.08. The van der Waals surface area contributed by atoms with Gasteiger partial charge < -0.3 is 4.74 Å². The molecule has 0 fully saturated rings. The Hall–Kier alpha value is -1.52. The van der Waals surface area contributed by atoms with Crippen LogP contribution in [0.15, 0.2) is 24.3 Å². The van der Waals surface area contributed by atoms with Gasteiger partial charge in [0, 0.05) is 15.7 Å². The van der Waals surface area contributed by atoms with Crippen molar-refractivity contribution in [3.8, 4) is 0 Å². The third-order valence-corrected chi connectivity index (χ3v) is 3.40. The van der Waals surface area contributed by atoms with Crippen molar-refractivity contribution >= 4 is 29.2 Å². The number of benzene rings is 1. The lowest BCUT2D eigenvalue weighted by Gasteiger charge is -2.07. The van der Waals surface area contributed by atoms with Crippen molar-refractivity contribution < 1.29 is 9.53 Å². The molecule has 0 aliphatic rings. The summed E-state index contributed by atoms with van der Waals surface area (Å²) < 4.78 is 6.63. The van der Waals surface area contributed by atoms with Gasteiger partial charge in [0.25, 0.3) is 0 Å². The first-order valence-electron chi connectivity index (χ1n) is 6.16. The Bertz CT molecular complexity index is 638. The van der Waals surface area contributed by atoms with Crippen LogP contribution in [0.3, 0.4) is 0 Å². The maximum absolute atomic E-state index is 11.6. The Morgan fingerprint density at radius 1 is 1.35 bits per heavy atom. The molecule has 0 unspecified atom stereocenters. The average molecular weight is 313 g/mol. The van der Waals surface area contributed by atoms with Crippen LogP contribution < -0.4 is 0 Å². The number of aryl methyl sites for hydroxylation is 1. The largest absolute Gasteiger partial charge is 0.461 e. The second-order valence-corrected chi connectivity index (χ2v) is 5.13. The Balaban J connectivity index is 2.25. The topological polar surface area (TPSA) is 44.1 Å². The predicted molar refractivity (Wildman–Crippen MR) is 78.5 cm³/mol. The van der Waals surface area contributed by atoms with E-state index in [2.05, 4.69) is 5.10 Å². The molecule has 0 saturated carbocycles. The van der Waals surface area contributed by atoms with Crippen LogP contribution in [0.1, 0.15) is 28.7 Å². The fourth-order valence-corrected chi connectivity index (χ4v) is 2.17. The number of hydrogen-bond acceptors (Lipinski definition) is 3. The molecule has 2 rings (SSSR count). The highest BCUT2D eigenvalue weighted by atomic mass is 35.5. The van der Waals surface area contributed by atoms with E-state index < -0.39 is 5.97 Å². The van der Waals surface area contributed by atoms with Crippen LogP contribution >= 0.6 is 23.2 Å². The monoisotopic (exact) mass is 312 g/mol. The first-order valence-corrected chi connectivity index (χ1v) is 6.92. The van der Waals surface area contributed by atoms with E-state index in [1.807, 2.05) is 6.92 Å². The fourth-order valence-electron chi connectivity index (χ4n) is 1.80. The van der Waals surface area contributed by atoms with Crippen molar-refractivity contribution in [2.75, 3.05) is 6.61 Å². The molecule has 0 atom stereocenters. The van der Waals surface area contributed by atoms with Crippen molar-refractivity contribution in [2.45, 2.75) is 20.4 Å². The highest BCUT2D eigenvalue weighted by Gasteiger charge is 2.14. The van der Waals surface area contributed by atoms with Crippen LogP contribution in [-0.2, 0) is 11.3 Å². The van der Waals surface area contributed by atoms with Gasteiger partial charge in [-0.25, -0.2) is 4.79 Å². The molecule has 0 N–H and O–H groups in total. The summed E-state index contributed by atoms with van der Waals surface area (Å²) in [6, 6.07) is 6.95. The van der Waals surface area contributed by atoms with Crippen LogP contribution in [0.2, 0.25) is 10.0 Å². The van der Waals surface area contributed by atoms with E-state index in [-0.39, 0.29) is 0 Å². The third kappa shape index (κ3) is 3.32. The van der Waals surface area contributed by atoms with Crippen LogP contribution in [0.5, 0.6) is 0 Å². The maximum Gasteiger partial charge on any atom is 0.358 e. The number of esters is 1. The molecule has 0 saturated heterocycles. The number of rotatable bonds is 4. The molecule has 6 heteroatoms. The molecule has 20 heavy (non-hydrogen) atoms. The minimum absolute atomic E-state index is 0.294. The minimum atomic E-state index is -0.424. The Morgan fingerprint density at radius 2 is 2.10 bits per heavy atom. The zero-order chi connectivity index (χ0) is 14.7. The normalized spacial score (nSPS) is 10.6. The number of carbonyl (C=O) groups is 1. The lowest BCUT2D eigenvalue weighted by atomic mass is 10.2. The summed E-state index contributed by atoms with van der Waals surface area (Å²) in [4.78, 5) is 11.6. The first kappa shape index (κ1) is 14.9. The molecule has 1 aromatic carbocycles. The molecular formula is C14H14Cl2N2O2. The molecule has 0 aliphatic heterocycles. The van der Waals surface area contributed by atoms with E-state index in [1.165, 1.54) is 0 Å². The molecule has 2 aromatic rings. The summed E-state index contributed by atoms with van der Waals surface area (Å²) in [5, 5.41) is 5.46. The molecule has 4 nitrogen and oxygen atoms in total. The van der Waals surface area contributed by atoms with E-state index in [0.717, 1.165) is 11.3 Å². The summed E-state index contributed by atoms with van der Waals surface area (Å²) in [7, 11) is 0. The quantitative estimate of drug-likeness (QED) is 0.808. The van der Waals surface area contributed by atoms with E-state index >= 15 is 0 Å². The number of carbonyl (C=O) groups excluding carboxylic acids is 1. The van der Waals surface area contributed by atoms with Crippen molar-refractivity contribution in [2.24, 2.45) is 0 Å². The molecule has 0 aliphatic carbocycles. The fraction of sp³-hybridized carbons (Fsp3) is 0.286. The van der Waals surface area contributed by atoms with Gasteiger partial charge in [-0.05, 0) is 43.7 Å². The van der Waals surface area contributed by atoms with Crippen molar-refractivity contribution in [1.29, 1.82) is 0 Å². The number of nitrogens with zero attached hydrogens (tertiary/aromatic N) is 2. The minimum Gasteiger partial charge on any atom is -0.461 e. The maximum atomic E-state index is 11.6. The van der Waals surface area contributed by atoms with Gasteiger partial charge in [-0.3, -0.25) is 4.68 Å². The average Bonchev–Trinajstić information content (AvgIpc) is 2.76. The van der Waals surface area contributed by atoms with Gasteiger partial charge in [0.2, 0.25) is 0 Å². The number of aromatic nitrogens is 2. The summed E-state index contributed by atoms with van der Waals surface area (Å²) in [5.41, 5.74) is 1.99. The van der Waals surface area contributed by atoms with Gasteiger partial charge in [-0.1, -0.05) is 23.2 Å². The summed E-state index contributed by atoms with van der Waals surface area (Å²) in [6.07, 6.45) is 0. The molecule has 0 radical (unpaired) electrons. The van der Waals surface area contributed by atoms with Crippen LogP contribution in [0, 0.1) is 6.92 Å². The molecule has 1 heterocycles. The van der Waals surface area contributed by atoms with Crippen molar-refractivity contribution in [3.63, 3.8) is 0 Å².